The Morgan fingerprint density at radius 3 is 2.91 bits per heavy atom. The number of aromatic nitrogens is 2. The summed E-state index contributed by atoms with van der Waals surface area (Å²) in [7, 11) is 0. The first-order valence-electron chi connectivity index (χ1n) is 7.10. The highest BCUT2D eigenvalue weighted by Crippen LogP contribution is 2.14. The summed E-state index contributed by atoms with van der Waals surface area (Å²) in [6.07, 6.45) is 1.67. The lowest BCUT2D eigenvalue weighted by Gasteiger charge is -2.19. The summed E-state index contributed by atoms with van der Waals surface area (Å²) in [4.78, 5) is 30.2. The van der Waals surface area contributed by atoms with Gasteiger partial charge in [-0.3, -0.25) is 14.2 Å². The summed E-state index contributed by atoms with van der Waals surface area (Å²) in [6, 6.07) is 5.33. The molecule has 2 aromatic rings. The fraction of sp³-hybridized carbons (Fsp3) is 0.400. The van der Waals surface area contributed by atoms with Crippen LogP contribution in [0.4, 0.5) is 0 Å². The molecule has 0 saturated carbocycles. The van der Waals surface area contributed by atoms with E-state index in [0.29, 0.717) is 24.0 Å². The number of benzene rings is 1. The summed E-state index contributed by atoms with van der Waals surface area (Å²) < 4.78 is 2.26. The van der Waals surface area contributed by atoms with E-state index in [1.165, 1.54) is 10.9 Å². The first kappa shape index (κ1) is 16.6. The number of amides is 1. The normalized spacial score (nSPS) is 10.9. The number of hydrogen-bond acceptors (Lipinski definition) is 4. The predicted molar refractivity (Wildman–Crippen MR) is 87.7 cm³/mol. The average molecular weight is 368 g/mol. The lowest BCUT2D eigenvalue weighted by Crippen LogP contribution is -2.34. The van der Waals surface area contributed by atoms with Crippen molar-refractivity contribution in [3.63, 3.8) is 0 Å². The SMILES string of the molecule is CCN(CCO)C(=O)CCn1cnc2ccc(Br)cc2c1=O. The maximum Gasteiger partial charge on any atom is 0.261 e. The van der Waals surface area contributed by atoms with Gasteiger partial charge in [-0.25, -0.2) is 4.98 Å². The van der Waals surface area contributed by atoms with Crippen LogP contribution in [0.3, 0.4) is 0 Å². The third-order valence-electron chi connectivity index (χ3n) is 3.46. The highest BCUT2D eigenvalue weighted by atomic mass is 79.9. The molecular formula is C15H18BrN3O3. The van der Waals surface area contributed by atoms with Crippen molar-refractivity contribution in [2.45, 2.75) is 19.9 Å². The third kappa shape index (κ3) is 3.72. The van der Waals surface area contributed by atoms with Crippen molar-refractivity contribution in [1.82, 2.24) is 14.5 Å². The van der Waals surface area contributed by atoms with Gasteiger partial charge in [-0.1, -0.05) is 15.9 Å². The number of fused-ring (bicyclic) bond motifs is 1. The van der Waals surface area contributed by atoms with Gasteiger partial charge in [-0.15, -0.1) is 0 Å². The van der Waals surface area contributed by atoms with Crippen LogP contribution in [0, 0.1) is 0 Å². The van der Waals surface area contributed by atoms with Gasteiger partial charge >= 0.3 is 0 Å². The first-order chi connectivity index (χ1) is 10.6. The number of rotatable bonds is 6. The van der Waals surface area contributed by atoms with E-state index in [1.54, 1.807) is 17.0 Å². The molecule has 6 nitrogen and oxygen atoms in total. The van der Waals surface area contributed by atoms with E-state index in [1.807, 2.05) is 13.0 Å². The number of hydrogen-bond donors (Lipinski definition) is 1. The van der Waals surface area contributed by atoms with E-state index in [4.69, 9.17) is 5.11 Å². The van der Waals surface area contributed by atoms with E-state index < -0.39 is 0 Å². The van der Waals surface area contributed by atoms with Crippen LogP contribution < -0.4 is 5.56 Å². The molecule has 0 radical (unpaired) electrons. The molecule has 0 aliphatic heterocycles. The quantitative estimate of drug-likeness (QED) is 0.836. The Morgan fingerprint density at radius 2 is 2.23 bits per heavy atom. The molecule has 1 aromatic carbocycles. The molecule has 1 amide bonds. The molecule has 0 aliphatic rings. The molecule has 0 fully saturated rings. The second-order valence-corrected chi connectivity index (χ2v) is 5.77. The molecule has 2 rings (SSSR count). The summed E-state index contributed by atoms with van der Waals surface area (Å²) in [5.41, 5.74) is 0.468. The third-order valence-corrected chi connectivity index (χ3v) is 3.95. The molecular weight excluding hydrogens is 350 g/mol. The zero-order valence-electron chi connectivity index (χ0n) is 12.3. The van der Waals surface area contributed by atoms with Gasteiger partial charge in [-0.2, -0.15) is 0 Å². The standard InChI is InChI=1S/C15H18BrN3O3/c1-2-18(7-8-20)14(21)5-6-19-10-17-13-4-3-11(16)9-12(13)15(19)22/h3-4,9-10,20H,2,5-8H2,1H3. The topological polar surface area (TPSA) is 75.4 Å². The average Bonchev–Trinajstić information content (AvgIpc) is 2.52. The van der Waals surface area contributed by atoms with Gasteiger partial charge in [0.15, 0.2) is 0 Å². The Hall–Kier alpha value is -1.73. The molecule has 0 aliphatic carbocycles. The van der Waals surface area contributed by atoms with Gasteiger partial charge in [0.25, 0.3) is 5.56 Å². The largest absolute Gasteiger partial charge is 0.395 e. The van der Waals surface area contributed by atoms with Crippen molar-refractivity contribution in [3.05, 3.63) is 39.4 Å². The minimum atomic E-state index is -0.163. The van der Waals surface area contributed by atoms with Crippen molar-refractivity contribution in [2.75, 3.05) is 19.7 Å². The van der Waals surface area contributed by atoms with Gasteiger partial charge in [0.05, 0.1) is 23.8 Å². The van der Waals surface area contributed by atoms with Gasteiger partial charge in [0.1, 0.15) is 0 Å². The van der Waals surface area contributed by atoms with E-state index in [0.717, 1.165) is 4.47 Å². The van der Waals surface area contributed by atoms with E-state index in [-0.39, 0.29) is 31.0 Å². The maximum atomic E-state index is 12.4. The molecule has 1 aromatic heterocycles. The molecule has 1 heterocycles. The maximum absolute atomic E-state index is 12.4. The van der Waals surface area contributed by atoms with Gasteiger partial charge in [-0.05, 0) is 25.1 Å². The predicted octanol–water partition coefficient (Wildman–Crippen LogP) is 1.39. The fourth-order valence-corrected chi connectivity index (χ4v) is 2.61. The molecule has 118 valence electrons. The van der Waals surface area contributed by atoms with Crippen LogP contribution in [-0.2, 0) is 11.3 Å². The Morgan fingerprint density at radius 1 is 1.45 bits per heavy atom. The van der Waals surface area contributed by atoms with Crippen molar-refractivity contribution >= 4 is 32.7 Å². The first-order valence-corrected chi connectivity index (χ1v) is 7.89. The zero-order chi connectivity index (χ0) is 16.1. The second-order valence-electron chi connectivity index (χ2n) is 4.85. The number of aliphatic hydroxyl groups excluding tert-OH is 1. The van der Waals surface area contributed by atoms with E-state index in [9.17, 15) is 9.59 Å². The molecule has 22 heavy (non-hydrogen) atoms. The number of nitrogens with zero attached hydrogens (tertiary/aromatic N) is 3. The van der Waals surface area contributed by atoms with Crippen molar-refractivity contribution in [3.8, 4) is 0 Å². The molecule has 0 spiro atoms. The zero-order valence-corrected chi connectivity index (χ0v) is 13.9. The van der Waals surface area contributed by atoms with Crippen LogP contribution in [0.1, 0.15) is 13.3 Å². The monoisotopic (exact) mass is 367 g/mol. The van der Waals surface area contributed by atoms with Crippen LogP contribution in [0.25, 0.3) is 10.9 Å². The number of carbonyl (C=O) groups is 1. The van der Waals surface area contributed by atoms with Crippen LogP contribution in [0.2, 0.25) is 0 Å². The van der Waals surface area contributed by atoms with Gasteiger partial charge in [0.2, 0.25) is 5.91 Å². The van der Waals surface area contributed by atoms with Crippen LogP contribution >= 0.6 is 15.9 Å². The van der Waals surface area contributed by atoms with Gasteiger partial charge in [0, 0.05) is 30.5 Å². The minimum Gasteiger partial charge on any atom is -0.395 e. The highest BCUT2D eigenvalue weighted by Gasteiger charge is 2.12. The summed E-state index contributed by atoms with van der Waals surface area (Å²) in [5, 5.41) is 9.45. The highest BCUT2D eigenvalue weighted by molar-refractivity contribution is 9.10. The Balaban J connectivity index is 2.17. The minimum absolute atomic E-state index is 0.0644. The van der Waals surface area contributed by atoms with Crippen LogP contribution in [0.15, 0.2) is 33.8 Å². The lowest BCUT2D eigenvalue weighted by atomic mass is 10.2. The smallest absolute Gasteiger partial charge is 0.261 e. The van der Waals surface area contributed by atoms with E-state index in [2.05, 4.69) is 20.9 Å². The van der Waals surface area contributed by atoms with Crippen LogP contribution in [-0.4, -0.2) is 45.2 Å². The summed E-state index contributed by atoms with van der Waals surface area (Å²) in [6.45, 7) is 2.92. The number of carbonyl (C=O) groups excluding carboxylic acids is 1. The molecule has 0 bridgehead atoms. The van der Waals surface area contributed by atoms with E-state index >= 15 is 0 Å². The molecule has 0 unspecified atom stereocenters. The summed E-state index contributed by atoms with van der Waals surface area (Å²) >= 11 is 3.34. The summed E-state index contributed by atoms with van der Waals surface area (Å²) in [5.74, 6) is -0.0854. The number of halogens is 1. The molecule has 7 heteroatoms. The number of aryl methyl sites for hydroxylation is 1. The van der Waals surface area contributed by atoms with Crippen molar-refractivity contribution in [1.29, 1.82) is 0 Å². The second kappa shape index (κ2) is 7.51. The Bertz CT molecular complexity index is 730. The lowest BCUT2D eigenvalue weighted by molar-refractivity contribution is -0.131. The van der Waals surface area contributed by atoms with Crippen molar-refractivity contribution in [2.24, 2.45) is 0 Å². The Kier molecular flexibility index (Phi) is 5.68. The number of likely N-dealkylation sites (N-methyl/N-ethyl adjacent to an activating group) is 1. The van der Waals surface area contributed by atoms with Crippen LogP contribution in [0.5, 0.6) is 0 Å². The molecule has 0 atom stereocenters. The molecule has 1 N–H and O–H groups in total. The van der Waals surface area contributed by atoms with Gasteiger partial charge < -0.3 is 10.0 Å². The number of aliphatic hydroxyl groups is 1. The van der Waals surface area contributed by atoms with Crippen molar-refractivity contribution < 1.29 is 9.90 Å². The fourth-order valence-electron chi connectivity index (χ4n) is 2.24. The Labute approximate surface area is 136 Å². The molecule has 0 saturated heterocycles.